The van der Waals surface area contributed by atoms with E-state index in [9.17, 15) is 0 Å². The zero-order valence-corrected chi connectivity index (χ0v) is 10.9. The van der Waals surface area contributed by atoms with Crippen LogP contribution in [0.3, 0.4) is 0 Å². The Kier molecular flexibility index (Phi) is 4.51. The second-order valence-electron chi connectivity index (χ2n) is 5.32. The Morgan fingerprint density at radius 3 is 3.12 bits per heavy atom. The molecule has 1 saturated heterocycles. The minimum absolute atomic E-state index is 0.670. The maximum absolute atomic E-state index is 4.19. The highest BCUT2D eigenvalue weighted by Crippen LogP contribution is 2.16. The van der Waals surface area contributed by atoms with Gasteiger partial charge in [0.05, 0.1) is 0 Å². The lowest BCUT2D eigenvalue weighted by Gasteiger charge is -2.37. The van der Waals surface area contributed by atoms with E-state index in [2.05, 4.69) is 35.1 Å². The normalized spacial score (nSPS) is 21.9. The van der Waals surface area contributed by atoms with Crippen LogP contribution >= 0.6 is 0 Å². The minimum atomic E-state index is 0.670. The molecule has 3 nitrogen and oxygen atoms in total. The van der Waals surface area contributed by atoms with E-state index in [0.717, 1.165) is 32.1 Å². The number of piperazine rings is 1. The Morgan fingerprint density at radius 1 is 1.53 bits per heavy atom. The van der Waals surface area contributed by atoms with E-state index < -0.39 is 0 Å². The molecular weight excluding hydrogens is 210 g/mol. The summed E-state index contributed by atoms with van der Waals surface area (Å²) in [5.74, 6) is 0.760. The van der Waals surface area contributed by atoms with Crippen LogP contribution in [-0.4, -0.2) is 35.6 Å². The highest BCUT2D eigenvalue weighted by molar-refractivity contribution is 5.08. The fourth-order valence-electron chi connectivity index (χ4n) is 2.51. The van der Waals surface area contributed by atoms with Crippen LogP contribution in [0.15, 0.2) is 24.5 Å². The van der Waals surface area contributed by atoms with Crippen LogP contribution in [-0.2, 0) is 6.54 Å². The molecule has 1 aromatic rings. The SMILES string of the molecule is CC(C)CC1CNCCN1Cc1cccnc1. The van der Waals surface area contributed by atoms with E-state index in [-0.39, 0.29) is 0 Å². The molecule has 1 N–H and O–H groups in total. The lowest BCUT2D eigenvalue weighted by molar-refractivity contribution is 0.134. The third-order valence-corrected chi connectivity index (χ3v) is 3.32. The first-order valence-corrected chi connectivity index (χ1v) is 6.59. The van der Waals surface area contributed by atoms with Gasteiger partial charge < -0.3 is 5.32 Å². The summed E-state index contributed by atoms with van der Waals surface area (Å²) in [6.07, 6.45) is 5.09. The van der Waals surface area contributed by atoms with Crippen molar-refractivity contribution in [2.24, 2.45) is 5.92 Å². The van der Waals surface area contributed by atoms with E-state index in [1.807, 2.05) is 18.5 Å². The molecule has 1 atom stereocenters. The third kappa shape index (κ3) is 3.79. The first-order chi connectivity index (χ1) is 8.25. The zero-order chi connectivity index (χ0) is 12.1. The lowest BCUT2D eigenvalue weighted by atomic mass is 10.0. The fraction of sp³-hybridized carbons (Fsp3) is 0.643. The number of aromatic nitrogens is 1. The quantitative estimate of drug-likeness (QED) is 0.861. The average Bonchev–Trinajstić information content (AvgIpc) is 2.32. The van der Waals surface area contributed by atoms with Gasteiger partial charge in [0, 0.05) is 44.6 Å². The summed E-state index contributed by atoms with van der Waals surface area (Å²) in [4.78, 5) is 6.78. The average molecular weight is 233 g/mol. The summed E-state index contributed by atoms with van der Waals surface area (Å²) in [6.45, 7) is 9.01. The van der Waals surface area contributed by atoms with Crippen LogP contribution in [0.1, 0.15) is 25.8 Å². The number of nitrogens with zero attached hydrogens (tertiary/aromatic N) is 2. The molecule has 0 saturated carbocycles. The molecule has 0 aromatic carbocycles. The Bertz CT molecular complexity index is 323. The van der Waals surface area contributed by atoms with Gasteiger partial charge in [-0.15, -0.1) is 0 Å². The second kappa shape index (κ2) is 6.12. The molecule has 1 fully saturated rings. The van der Waals surface area contributed by atoms with Gasteiger partial charge in [0.25, 0.3) is 0 Å². The summed E-state index contributed by atoms with van der Waals surface area (Å²) in [5, 5.41) is 3.50. The molecule has 94 valence electrons. The summed E-state index contributed by atoms with van der Waals surface area (Å²) < 4.78 is 0. The zero-order valence-electron chi connectivity index (χ0n) is 10.9. The van der Waals surface area contributed by atoms with E-state index in [1.54, 1.807) is 0 Å². The van der Waals surface area contributed by atoms with Crippen LogP contribution in [0.4, 0.5) is 0 Å². The maximum Gasteiger partial charge on any atom is 0.0312 e. The van der Waals surface area contributed by atoms with Gasteiger partial charge in [-0.25, -0.2) is 0 Å². The Morgan fingerprint density at radius 2 is 2.41 bits per heavy atom. The van der Waals surface area contributed by atoms with E-state index in [1.165, 1.54) is 12.0 Å². The van der Waals surface area contributed by atoms with Crippen LogP contribution in [0, 0.1) is 5.92 Å². The Hall–Kier alpha value is -0.930. The van der Waals surface area contributed by atoms with Crippen molar-refractivity contribution < 1.29 is 0 Å². The number of hydrogen-bond donors (Lipinski definition) is 1. The van der Waals surface area contributed by atoms with Gasteiger partial charge in [-0.1, -0.05) is 19.9 Å². The summed E-state index contributed by atoms with van der Waals surface area (Å²) in [6, 6.07) is 4.86. The van der Waals surface area contributed by atoms with Crippen LogP contribution in [0.25, 0.3) is 0 Å². The molecule has 2 heterocycles. The van der Waals surface area contributed by atoms with Gasteiger partial charge in [0.1, 0.15) is 0 Å². The predicted molar refractivity (Wildman–Crippen MR) is 70.8 cm³/mol. The first kappa shape index (κ1) is 12.5. The van der Waals surface area contributed by atoms with Crippen molar-refractivity contribution in [2.45, 2.75) is 32.9 Å². The van der Waals surface area contributed by atoms with Crippen LogP contribution < -0.4 is 5.32 Å². The largest absolute Gasteiger partial charge is 0.314 e. The van der Waals surface area contributed by atoms with Crippen molar-refractivity contribution in [3.05, 3.63) is 30.1 Å². The van der Waals surface area contributed by atoms with Crippen molar-refractivity contribution in [3.63, 3.8) is 0 Å². The molecule has 2 rings (SSSR count). The molecule has 1 aliphatic heterocycles. The van der Waals surface area contributed by atoms with Gasteiger partial charge in [-0.2, -0.15) is 0 Å². The molecule has 0 amide bonds. The van der Waals surface area contributed by atoms with Gasteiger partial charge >= 0.3 is 0 Å². The number of hydrogen-bond acceptors (Lipinski definition) is 3. The van der Waals surface area contributed by atoms with E-state index in [4.69, 9.17) is 0 Å². The highest BCUT2D eigenvalue weighted by Gasteiger charge is 2.22. The van der Waals surface area contributed by atoms with Crippen molar-refractivity contribution in [2.75, 3.05) is 19.6 Å². The molecule has 1 aromatic heterocycles. The van der Waals surface area contributed by atoms with Gasteiger partial charge in [0.2, 0.25) is 0 Å². The first-order valence-electron chi connectivity index (χ1n) is 6.59. The molecular formula is C14H23N3. The third-order valence-electron chi connectivity index (χ3n) is 3.32. The Balaban J connectivity index is 1.96. The van der Waals surface area contributed by atoms with Crippen molar-refractivity contribution in [1.29, 1.82) is 0 Å². The number of pyridine rings is 1. The topological polar surface area (TPSA) is 28.2 Å². The molecule has 0 radical (unpaired) electrons. The molecule has 0 aliphatic carbocycles. The fourth-order valence-corrected chi connectivity index (χ4v) is 2.51. The number of rotatable bonds is 4. The van der Waals surface area contributed by atoms with Crippen molar-refractivity contribution in [1.82, 2.24) is 15.2 Å². The van der Waals surface area contributed by atoms with Crippen LogP contribution in [0.2, 0.25) is 0 Å². The molecule has 0 spiro atoms. The van der Waals surface area contributed by atoms with Crippen molar-refractivity contribution >= 4 is 0 Å². The molecule has 3 heteroatoms. The predicted octanol–water partition coefficient (Wildman–Crippen LogP) is 1.90. The smallest absolute Gasteiger partial charge is 0.0312 e. The van der Waals surface area contributed by atoms with E-state index >= 15 is 0 Å². The minimum Gasteiger partial charge on any atom is -0.314 e. The number of nitrogens with one attached hydrogen (secondary N) is 1. The second-order valence-corrected chi connectivity index (χ2v) is 5.32. The molecule has 0 bridgehead atoms. The van der Waals surface area contributed by atoms with E-state index in [0.29, 0.717) is 6.04 Å². The van der Waals surface area contributed by atoms with Crippen molar-refractivity contribution in [3.8, 4) is 0 Å². The summed E-state index contributed by atoms with van der Waals surface area (Å²) in [7, 11) is 0. The monoisotopic (exact) mass is 233 g/mol. The highest BCUT2D eigenvalue weighted by atomic mass is 15.2. The lowest BCUT2D eigenvalue weighted by Crippen LogP contribution is -2.51. The maximum atomic E-state index is 4.19. The summed E-state index contributed by atoms with van der Waals surface area (Å²) >= 11 is 0. The molecule has 17 heavy (non-hydrogen) atoms. The molecule has 1 aliphatic rings. The van der Waals surface area contributed by atoms with Gasteiger partial charge in [-0.05, 0) is 24.0 Å². The van der Waals surface area contributed by atoms with Crippen LogP contribution in [0.5, 0.6) is 0 Å². The standard InChI is InChI=1S/C14H23N3/c1-12(2)8-14-10-16-6-7-17(14)11-13-4-3-5-15-9-13/h3-5,9,12,14,16H,6-8,10-11H2,1-2H3. The Labute approximate surface area is 104 Å². The summed E-state index contributed by atoms with van der Waals surface area (Å²) in [5.41, 5.74) is 1.32. The molecule has 1 unspecified atom stereocenters. The van der Waals surface area contributed by atoms with Gasteiger partial charge in [-0.3, -0.25) is 9.88 Å². The van der Waals surface area contributed by atoms with Gasteiger partial charge in [0.15, 0.2) is 0 Å².